The minimum atomic E-state index is -0.146. The summed E-state index contributed by atoms with van der Waals surface area (Å²) in [5.41, 5.74) is 3.10. The van der Waals surface area contributed by atoms with E-state index in [0.29, 0.717) is 36.1 Å². The highest BCUT2D eigenvalue weighted by atomic mass is 16.5. The average molecular weight is 402 g/mol. The molecule has 1 fully saturated rings. The lowest BCUT2D eigenvalue weighted by Gasteiger charge is -2.40. The van der Waals surface area contributed by atoms with Gasteiger partial charge in [-0.15, -0.1) is 0 Å². The molecule has 0 radical (unpaired) electrons. The number of carbonyl (C=O) groups excluding carboxylic acids is 1. The summed E-state index contributed by atoms with van der Waals surface area (Å²) in [5, 5.41) is 0. The van der Waals surface area contributed by atoms with E-state index in [4.69, 9.17) is 4.74 Å². The molecule has 0 spiro atoms. The Bertz CT molecular complexity index is 1010. The molecule has 6 heteroatoms. The summed E-state index contributed by atoms with van der Waals surface area (Å²) < 4.78 is 6.33. The number of hydrogen-bond acceptors (Lipinski definition) is 5. The fraction of sp³-hybridized carbons (Fsp3) is 0.333. The van der Waals surface area contributed by atoms with Crippen molar-refractivity contribution in [3.05, 3.63) is 77.9 Å². The highest BCUT2D eigenvalue weighted by molar-refractivity contribution is 5.95. The van der Waals surface area contributed by atoms with Gasteiger partial charge < -0.3 is 9.64 Å². The fourth-order valence-electron chi connectivity index (χ4n) is 3.66. The molecule has 1 saturated heterocycles. The summed E-state index contributed by atoms with van der Waals surface area (Å²) in [6.07, 6.45) is 4.89. The zero-order valence-electron chi connectivity index (χ0n) is 17.5. The Morgan fingerprint density at radius 3 is 2.57 bits per heavy atom. The van der Waals surface area contributed by atoms with Crippen LogP contribution in [0.15, 0.2) is 61.1 Å². The van der Waals surface area contributed by atoms with E-state index >= 15 is 0 Å². The maximum Gasteiger partial charge on any atom is 0.257 e. The van der Waals surface area contributed by atoms with Gasteiger partial charge >= 0.3 is 0 Å². The second kappa shape index (κ2) is 8.71. The van der Waals surface area contributed by atoms with Crippen molar-refractivity contribution in [2.45, 2.75) is 33.0 Å². The highest BCUT2D eigenvalue weighted by Crippen LogP contribution is 2.29. The van der Waals surface area contributed by atoms with Gasteiger partial charge in [-0.1, -0.05) is 44.2 Å². The molecular weight excluding hydrogens is 376 g/mol. The molecular formula is C24H26N4O2. The van der Waals surface area contributed by atoms with Crippen LogP contribution in [0.1, 0.15) is 41.6 Å². The molecule has 1 aromatic carbocycles. The van der Waals surface area contributed by atoms with E-state index in [2.05, 4.69) is 28.8 Å². The van der Waals surface area contributed by atoms with Crippen LogP contribution in [0.25, 0.3) is 11.4 Å². The summed E-state index contributed by atoms with van der Waals surface area (Å²) in [4.78, 5) is 28.4. The number of pyridine rings is 1. The highest BCUT2D eigenvalue weighted by Gasteiger charge is 2.34. The molecule has 154 valence electrons. The summed E-state index contributed by atoms with van der Waals surface area (Å²) >= 11 is 0. The van der Waals surface area contributed by atoms with Gasteiger partial charge in [-0.3, -0.25) is 9.78 Å². The topological polar surface area (TPSA) is 68.2 Å². The first-order valence-corrected chi connectivity index (χ1v) is 10.3. The minimum absolute atomic E-state index is 0.0243. The maximum absolute atomic E-state index is 13.4. The predicted molar refractivity (Wildman–Crippen MR) is 115 cm³/mol. The summed E-state index contributed by atoms with van der Waals surface area (Å²) in [6, 6.07) is 13.8. The molecule has 3 heterocycles. The lowest BCUT2D eigenvalue weighted by Crippen LogP contribution is -2.48. The van der Waals surface area contributed by atoms with Crippen LogP contribution >= 0.6 is 0 Å². The van der Waals surface area contributed by atoms with Crippen molar-refractivity contribution in [2.75, 3.05) is 13.1 Å². The molecule has 6 nitrogen and oxygen atoms in total. The Morgan fingerprint density at radius 2 is 1.90 bits per heavy atom. The molecule has 0 aliphatic carbocycles. The Balaban J connectivity index is 1.59. The zero-order valence-corrected chi connectivity index (χ0v) is 17.5. The van der Waals surface area contributed by atoms with Gasteiger partial charge in [-0.05, 0) is 30.5 Å². The standard InChI is InChI=1S/C24H26N4O2/c1-16(2)21-14-28(15-22(30-21)18-8-5-4-6-9-18)24(29)20-13-26-23(27-17(20)3)19-10-7-11-25-12-19/h4-13,16,21-22H,14-15H2,1-3H3/t21-,22+/m1/s1. The largest absolute Gasteiger partial charge is 0.366 e. The number of hydrogen-bond donors (Lipinski definition) is 0. The van der Waals surface area contributed by atoms with Crippen molar-refractivity contribution >= 4 is 5.91 Å². The molecule has 4 rings (SSSR count). The second-order valence-corrected chi connectivity index (χ2v) is 7.96. The van der Waals surface area contributed by atoms with Gasteiger partial charge in [0.25, 0.3) is 5.91 Å². The van der Waals surface area contributed by atoms with Gasteiger partial charge in [-0.2, -0.15) is 0 Å². The van der Waals surface area contributed by atoms with E-state index in [1.165, 1.54) is 0 Å². The second-order valence-electron chi connectivity index (χ2n) is 7.96. The monoisotopic (exact) mass is 402 g/mol. The van der Waals surface area contributed by atoms with Crippen LogP contribution < -0.4 is 0 Å². The van der Waals surface area contributed by atoms with Crippen molar-refractivity contribution in [2.24, 2.45) is 5.92 Å². The van der Waals surface area contributed by atoms with Crippen LogP contribution in [-0.4, -0.2) is 45.0 Å². The molecule has 3 aromatic rings. The normalized spacial score (nSPS) is 19.1. The third-order valence-electron chi connectivity index (χ3n) is 5.46. The third-order valence-corrected chi connectivity index (χ3v) is 5.46. The number of amides is 1. The van der Waals surface area contributed by atoms with Gasteiger partial charge in [0.15, 0.2) is 5.82 Å². The number of rotatable bonds is 4. The SMILES string of the molecule is Cc1nc(-c2cccnc2)ncc1C(=O)N1C[C@@H](c2ccccc2)O[C@@H](C(C)C)C1. The minimum Gasteiger partial charge on any atom is -0.366 e. The van der Waals surface area contributed by atoms with Crippen molar-refractivity contribution in [3.8, 4) is 11.4 Å². The molecule has 0 bridgehead atoms. The van der Waals surface area contributed by atoms with Crippen molar-refractivity contribution in [3.63, 3.8) is 0 Å². The van der Waals surface area contributed by atoms with Gasteiger partial charge in [0, 0.05) is 30.7 Å². The Labute approximate surface area is 177 Å². The number of ether oxygens (including phenoxy) is 1. The smallest absolute Gasteiger partial charge is 0.257 e. The van der Waals surface area contributed by atoms with Crippen LogP contribution in [0.5, 0.6) is 0 Å². The molecule has 1 amide bonds. The van der Waals surface area contributed by atoms with Crippen molar-refractivity contribution in [1.82, 2.24) is 19.9 Å². The van der Waals surface area contributed by atoms with Crippen LogP contribution in [0.4, 0.5) is 0 Å². The van der Waals surface area contributed by atoms with E-state index in [1.54, 1.807) is 18.6 Å². The first-order valence-electron chi connectivity index (χ1n) is 10.3. The van der Waals surface area contributed by atoms with Crippen LogP contribution in [0.3, 0.4) is 0 Å². The van der Waals surface area contributed by atoms with Gasteiger partial charge in [0.1, 0.15) is 6.10 Å². The Morgan fingerprint density at radius 1 is 1.10 bits per heavy atom. The van der Waals surface area contributed by atoms with Crippen LogP contribution in [-0.2, 0) is 4.74 Å². The first-order chi connectivity index (χ1) is 14.5. The molecule has 0 unspecified atom stereocenters. The number of nitrogens with zero attached hydrogens (tertiary/aromatic N) is 4. The van der Waals surface area contributed by atoms with Gasteiger partial charge in [0.05, 0.1) is 23.9 Å². The maximum atomic E-state index is 13.4. The molecule has 1 aliphatic rings. The molecule has 1 aliphatic heterocycles. The first kappa shape index (κ1) is 20.2. The van der Waals surface area contributed by atoms with Crippen molar-refractivity contribution < 1.29 is 9.53 Å². The molecule has 2 atom stereocenters. The summed E-state index contributed by atoms with van der Waals surface area (Å²) in [5.74, 6) is 0.818. The number of aromatic nitrogens is 3. The van der Waals surface area contributed by atoms with Crippen LogP contribution in [0.2, 0.25) is 0 Å². The van der Waals surface area contributed by atoms with E-state index in [9.17, 15) is 4.79 Å². The van der Waals surface area contributed by atoms with Gasteiger partial charge in [-0.25, -0.2) is 9.97 Å². The van der Waals surface area contributed by atoms with E-state index in [-0.39, 0.29) is 18.1 Å². The lowest BCUT2D eigenvalue weighted by atomic mass is 10.0. The average Bonchev–Trinajstić information content (AvgIpc) is 2.79. The number of morpholine rings is 1. The van der Waals surface area contributed by atoms with E-state index < -0.39 is 0 Å². The Hall–Kier alpha value is -3.12. The lowest BCUT2D eigenvalue weighted by molar-refractivity contribution is -0.0954. The summed E-state index contributed by atoms with van der Waals surface area (Å²) in [7, 11) is 0. The quantitative estimate of drug-likeness (QED) is 0.658. The Kier molecular flexibility index (Phi) is 5.86. The predicted octanol–water partition coefficient (Wildman–Crippen LogP) is 4.09. The molecule has 0 saturated carbocycles. The molecule has 0 N–H and O–H groups in total. The molecule has 30 heavy (non-hydrogen) atoms. The third kappa shape index (κ3) is 4.24. The number of aryl methyl sites for hydroxylation is 1. The van der Waals surface area contributed by atoms with E-state index in [0.717, 1.165) is 11.1 Å². The van der Waals surface area contributed by atoms with Gasteiger partial charge in [0.2, 0.25) is 0 Å². The number of carbonyl (C=O) groups is 1. The molecule has 2 aromatic heterocycles. The van der Waals surface area contributed by atoms with Crippen molar-refractivity contribution in [1.29, 1.82) is 0 Å². The zero-order chi connectivity index (χ0) is 21.1. The fourth-order valence-corrected chi connectivity index (χ4v) is 3.66. The summed E-state index contributed by atoms with van der Waals surface area (Å²) in [6.45, 7) is 7.17. The van der Waals surface area contributed by atoms with Crippen LogP contribution in [0, 0.1) is 12.8 Å². The van der Waals surface area contributed by atoms with E-state index in [1.807, 2.05) is 54.3 Å². The number of benzene rings is 1.